The number of likely N-dealkylation sites (tertiary alicyclic amines) is 1. The lowest BCUT2D eigenvalue weighted by Gasteiger charge is -2.15. The second-order valence-electron chi connectivity index (χ2n) is 7.51. The summed E-state index contributed by atoms with van der Waals surface area (Å²) in [5.74, 6) is 1.00. The smallest absolute Gasteiger partial charge is 0.308 e. The van der Waals surface area contributed by atoms with Crippen LogP contribution in [0.1, 0.15) is 18.7 Å². The van der Waals surface area contributed by atoms with Crippen LogP contribution in [-0.4, -0.2) is 49.0 Å². The van der Waals surface area contributed by atoms with Crippen molar-refractivity contribution in [2.45, 2.75) is 24.5 Å². The molecule has 3 heterocycles. The van der Waals surface area contributed by atoms with Crippen LogP contribution in [-0.2, 0) is 11.3 Å². The number of hydrogen-bond acceptors (Lipinski definition) is 6. The fraction of sp³-hybridized carbons (Fsp3) is 0.273. The number of halogens is 1. The van der Waals surface area contributed by atoms with Crippen molar-refractivity contribution in [3.63, 3.8) is 0 Å². The van der Waals surface area contributed by atoms with Crippen LogP contribution in [0.3, 0.4) is 0 Å². The summed E-state index contributed by atoms with van der Waals surface area (Å²) in [5, 5.41) is 9.94. The van der Waals surface area contributed by atoms with E-state index in [9.17, 15) is 9.59 Å². The molecule has 4 aromatic rings. The molecule has 1 saturated heterocycles. The van der Waals surface area contributed by atoms with Crippen molar-refractivity contribution >= 4 is 50.8 Å². The van der Waals surface area contributed by atoms with Gasteiger partial charge in [0, 0.05) is 18.1 Å². The maximum atomic E-state index is 12.7. The van der Waals surface area contributed by atoms with E-state index >= 15 is 0 Å². The van der Waals surface area contributed by atoms with E-state index in [-0.39, 0.29) is 17.3 Å². The maximum absolute atomic E-state index is 12.7. The van der Waals surface area contributed by atoms with Crippen molar-refractivity contribution in [2.24, 2.45) is 0 Å². The van der Waals surface area contributed by atoms with E-state index in [0.29, 0.717) is 21.8 Å². The maximum Gasteiger partial charge on any atom is 0.308 e. The molecule has 0 atom stereocenters. The van der Waals surface area contributed by atoms with Gasteiger partial charge >= 0.3 is 4.87 Å². The third-order valence-electron chi connectivity index (χ3n) is 5.42. The molecule has 0 saturated carbocycles. The Bertz CT molecular complexity index is 1340. The summed E-state index contributed by atoms with van der Waals surface area (Å²) in [6.45, 7) is 1.91. The highest BCUT2D eigenvalue weighted by Gasteiger charge is 2.21. The number of carbonyl (C=O) groups is 1. The van der Waals surface area contributed by atoms with Gasteiger partial charge in [-0.3, -0.25) is 18.7 Å². The van der Waals surface area contributed by atoms with E-state index in [2.05, 4.69) is 10.2 Å². The lowest BCUT2D eigenvalue weighted by Crippen LogP contribution is -2.29. The van der Waals surface area contributed by atoms with Crippen molar-refractivity contribution in [3.05, 3.63) is 69.0 Å². The number of fused-ring (bicyclic) bond motifs is 1. The first-order valence-electron chi connectivity index (χ1n) is 10.3. The van der Waals surface area contributed by atoms with E-state index in [4.69, 9.17) is 11.6 Å². The van der Waals surface area contributed by atoms with Gasteiger partial charge in [-0.2, -0.15) is 0 Å². The van der Waals surface area contributed by atoms with E-state index in [1.54, 1.807) is 10.6 Å². The van der Waals surface area contributed by atoms with Crippen LogP contribution in [0.15, 0.2) is 58.5 Å². The second kappa shape index (κ2) is 9.09. The van der Waals surface area contributed by atoms with Gasteiger partial charge in [0.25, 0.3) is 0 Å². The van der Waals surface area contributed by atoms with Gasteiger partial charge in [0.15, 0.2) is 11.0 Å². The average Bonchev–Trinajstić information content (AvgIpc) is 3.52. The Morgan fingerprint density at radius 3 is 2.72 bits per heavy atom. The SMILES string of the molecule is O=C(CSc1nnc(Cn2c(=O)sc3ccccc32)n1-c1cccc(Cl)c1)N1CCCC1. The highest BCUT2D eigenvalue weighted by molar-refractivity contribution is 7.99. The van der Waals surface area contributed by atoms with Crippen LogP contribution in [0.5, 0.6) is 0 Å². The standard InChI is InChI=1S/C22H20ClN5O2S2/c23-15-6-5-7-16(12-15)28-19(13-27-17-8-1-2-9-18(17)32-22(27)30)24-25-21(28)31-14-20(29)26-10-3-4-11-26/h1-2,5-9,12H,3-4,10-11,13-14H2. The first kappa shape index (κ1) is 21.2. The zero-order chi connectivity index (χ0) is 22.1. The summed E-state index contributed by atoms with van der Waals surface area (Å²) >= 11 is 8.82. The van der Waals surface area contributed by atoms with Gasteiger partial charge in [-0.25, -0.2) is 0 Å². The molecule has 164 valence electrons. The number of nitrogens with zero attached hydrogens (tertiary/aromatic N) is 5. The Balaban J connectivity index is 1.50. The highest BCUT2D eigenvalue weighted by atomic mass is 35.5. The Morgan fingerprint density at radius 2 is 1.91 bits per heavy atom. The van der Waals surface area contributed by atoms with Crippen molar-refractivity contribution in [1.82, 2.24) is 24.2 Å². The zero-order valence-corrected chi connectivity index (χ0v) is 19.5. The molecular weight excluding hydrogens is 466 g/mol. The topological polar surface area (TPSA) is 73.0 Å². The Hall–Kier alpha value is -2.62. The molecule has 2 aromatic carbocycles. The molecule has 1 aliphatic heterocycles. The average molecular weight is 486 g/mol. The van der Waals surface area contributed by atoms with E-state index in [0.717, 1.165) is 41.8 Å². The normalized spacial score (nSPS) is 13.8. The summed E-state index contributed by atoms with van der Waals surface area (Å²) < 4.78 is 4.51. The van der Waals surface area contributed by atoms with Gasteiger partial charge in [0.2, 0.25) is 5.91 Å². The Kier molecular flexibility index (Phi) is 6.03. The molecule has 10 heteroatoms. The van der Waals surface area contributed by atoms with Gasteiger partial charge in [-0.1, -0.05) is 52.9 Å². The molecule has 0 unspecified atom stereocenters. The van der Waals surface area contributed by atoms with Gasteiger partial charge in [0.1, 0.15) is 0 Å². The summed E-state index contributed by atoms with van der Waals surface area (Å²) in [6, 6.07) is 15.1. The molecule has 32 heavy (non-hydrogen) atoms. The number of aromatic nitrogens is 4. The number of thiazole rings is 1. The number of hydrogen-bond donors (Lipinski definition) is 0. The predicted molar refractivity (Wildman–Crippen MR) is 128 cm³/mol. The largest absolute Gasteiger partial charge is 0.342 e. The molecular formula is C22H20ClN5O2S2. The number of benzene rings is 2. The highest BCUT2D eigenvalue weighted by Crippen LogP contribution is 2.26. The lowest BCUT2D eigenvalue weighted by molar-refractivity contribution is -0.127. The number of para-hydroxylation sites is 1. The third-order valence-corrected chi connectivity index (χ3v) is 7.53. The molecule has 1 amide bonds. The Labute approximate surface area is 197 Å². The predicted octanol–water partition coefficient (Wildman–Crippen LogP) is 4.06. The van der Waals surface area contributed by atoms with Crippen molar-refractivity contribution < 1.29 is 4.79 Å². The van der Waals surface area contributed by atoms with Crippen LogP contribution >= 0.6 is 34.7 Å². The van der Waals surface area contributed by atoms with E-state index in [1.165, 1.54) is 23.1 Å². The molecule has 1 aliphatic rings. The molecule has 7 nitrogen and oxygen atoms in total. The fourth-order valence-electron chi connectivity index (χ4n) is 3.86. The van der Waals surface area contributed by atoms with Gasteiger partial charge < -0.3 is 4.90 Å². The summed E-state index contributed by atoms with van der Waals surface area (Å²) in [4.78, 5) is 27.1. The minimum atomic E-state index is -0.0507. The van der Waals surface area contributed by atoms with Crippen LogP contribution in [0.4, 0.5) is 0 Å². The molecule has 2 aromatic heterocycles. The number of rotatable bonds is 6. The number of carbonyl (C=O) groups excluding carboxylic acids is 1. The quantitative estimate of drug-likeness (QED) is 0.385. The molecule has 0 spiro atoms. The molecule has 0 bridgehead atoms. The van der Waals surface area contributed by atoms with Crippen LogP contribution in [0.25, 0.3) is 15.9 Å². The van der Waals surface area contributed by atoms with Crippen LogP contribution in [0, 0.1) is 0 Å². The minimum Gasteiger partial charge on any atom is -0.342 e. The number of amides is 1. The zero-order valence-electron chi connectivity index (χ0n) is 17.1. The van der Waals surface area contributed by atoms with Crippen molar-refractivity contribution in [2.75, 3.05) is 18.8 Å². The molecule has 0 N–H and O–H groups in total. The van der Waals surface area contributed by atoms with Crippen molar-refractivity contribution in [1.29, 1.82) is 0 Å². The number of thioether (sulfide) groups is 1. The lowest BCUT2D eigenvalue weighted by atomic mass is 10.3. The minimum absolute atomic E-state index is 0.0507. The van der Waals surface area contributed by atoms with E-state index in [1.807, 2.05) is 51.9 Å². The van der Waals surface area contributed by atoms with Gasteiger partial charge in [-0.15, -0.1) is 10.2 Å². The van der Waals surface area contributed by atoms with Crippen LogP contribution in [0.2, 0.25) is 5.02 Å². The summed E-state index contributed by atoms with van der Waals surface area (Å²) in [7, 11) is 0. The fourth-order valence-corrected chi connectivity index (χ4v) is 5.81. The monoisotopic (exact) mass is 485 g/mol. The molecule has 1 fully saturated rings. The van der Waals surface area contributed by atoms with Gasteiger partial charge in [0.05, 0.1) is 28.2 Å². The molecule has 0 radical (unpaired) electrons. The van der Waals surface area contributed by atoms with Gasteiger partial charge in [-0.05, 0) is 43.2 Å². The van der Waals surface area contributed by atoms with E-state index < -0.39 is 0 Å². The first-order chi connectivity index (χ1) is 15.6. The van der Waals surface area contributed by atoms with Crippen LogP contribution < -0.4 is 4.87 Å². The molecule has 0 aliphatic carbocycles. The Morgan fingerprint density at radius 1 is 1.09 bits per heavy atom. The summed E-state index contributed by atoms with van der Waals surface area (Å²) in [6.07, 6.45) is 2.12. The van der Waals surface area contributed by atoms with Crippen molar-refractivity contribution in [3.8, 4) is 5.69 Å². The molecule has 5 rings (SSSR count). The summed E-state index contributed by atoms with van der Waals surface area (Å²) in [5.41, 5.74) is 1.66. The first-order valence-corrected chi connectivity index (χ1v) is 12.5. The third kappa shape index (κ3) is 4.20. The second-order valence-corrected chi connectivity index (χ2v) is 9.88.